The molecule has 3 rings (SSSR count). The molecule has 1 fully saturated rings. The molecule has 1 heterocycles. The first-order valence-electron chi connectivity index (χ1n) is 14.8. The summed E-state index contributed by atoms with van der Waals surface area (Å²) < 4.78 is 78.3. The molecule has 0 radical (unpaired) electrons. The number of halogens is 5. The van der Waals surface area contributed by atoms with Crippen LogP contribution in [-0.2, 0) is 38.4 Å². The van der Waals surface area contributed by atoms with Gasteiger partial charge in [0, 0.05) is 38.2 Å². The fourth-order valence-electron chi connectivity index (χ4n) is 5.00. The highest BCUT2D eigenvalue weighted by atomic mass is 19.4. The minimum Gasteiger partial charge on any atom is -0.452 e. The predicted octanol–water partition coefficient (Wildman–Crippen LogP) is 5.47. The number of alkyl halides is 3. The number of piperidine rings is 1. The van der Waals surface area contributed by atoms with Gasteiger partial charge in [0.25, 0.3) is 0 Å². The van der Waals surface area contributed by atoms with Crippen LogP contribution in [-0.4, -0.2) is 66.4 Å². The van der Waals surface area contributed by atoms with E-state index in [0.29, 0.717) is 6.07 Å². The van der Waals surface area contributed by atoms with Crippen LogP contribution in [0.2, 0.25) is 0 Å². The van der Waals surface area contributed by atoms with Crippen molar-refractivity contribution in [3.8, 4) is 0 Å². The maximum Gasteiger partial charge on any atom is 0.490 e. The summed E-state index contributed by atoms with van der Waals surface area (Å²) in [4.78, 5) is 39.3. The largest absolute Gasteiger partial charge is 0.490 e. The highest BCUT2D eigenvalue weighted by molar-refractivity contribution is 5.80. The van der Waals surface area contributed by atoms with Gasteiger partial charge in [0.1, 0.15) is 23.3 Å². The number of ether oxygens (including phenoxy) is 2. The van der Waals surface area contributed by atoms with Crippen LogP contribution in [0, 0.1) is 17.6 Å². The second kappa shape index (κ2) is 15.5. The summed E-state index contributed by atoms with van der Waals surface area (Å²) in [6.07, 6.45) is -6.49. The van der Waals surface area contributed by atoms with Crippen molar-refractivity contribution in [2.75, 3.05) is 19.6 Å². The molecular formula is C32H40F5N3O5. The molecule has 0 aliphatic carbocycles. The fraction of sp³-hybridized carbons (Fsp3) is 0.531. The number of hydrogen-bond acceptors (Lipinski definition) is 6. The quantitative estimate of drug-likeness (QED) is 0.250. The molecule has 13 heteroatoms. The highest BCUT2D eigenvalue weighted by Crippen LogP contribution is 2.23. The Labute approximate surface area is 259 Å². The number of carbonyl (C=O) groups excluding carboxylic acids is 3. The molecule has 8 nitrogen and oxygen atoms in total. The Bertz CT molecular complexity index is 1300. The number of aryl methyl sites for hydroxylation is 1. The number of esters is 1. The van der Waals surface area contributed by atoms with Crippen molar-refractivity contribution in [1.29, 1.82) is 0 Å². The topological polar surface area (TPSA) is 97.0 Å². The zero-order valence-electron chi connectivity index (χ0n) is 25.8. The Morgan fingerprint density at radius 1 is 0.956 bits per heavy atom. The molecule has 2 N–H and O–H groups in total. The number of carbonyl (C=O) groups is 3. The Morgan fingerprint density at radius 3 is 2.16 bits per heavy atom. The molecule has 1 aliphatic heterocycles. The average molecular weight is 642 g/mol. The van der Waals surface area contributed by atoms with E-state index in [1.807, 2.05) is 31.2 Å². The minimum absolute atomic E-state index is 0.0428. The van der Waals surface area contributed by atoms with Crippen molar-refractivity contribution in [3.05, 3.63) is 70.8 Å². The van der Waals surface area contributed by atoms with E-state index in [4.69, 9.17) is 9.47 Å². The summed E-state index contributed by atoms with van der Waals surface area (Å²) in [6.45, 7) is 7.49. The van der Waals surface area contributed by atoms with Crippen LogP contribution in [0.25, 0.3) is 0 Å². The molecule has 2 amide bonds. The van der Waals surface area contributed by atoms with Crippen molar-refractivity contribution < 1.29 is 45.8 Å². The molecule has 2 aromatic carbocycles. The van der Waals surface area contributed by atoms with E-state index in [2.05, 4.69) is 10.6 Å². The van der Waals surface area contributed by atoms with Crippen molar-refractivity contribution in [2.45, 2.75) is 83.8 Å². The molecule has 2 atom stereocenters. The van der Waals surface area contributed by atoms with Crippen molar-refractivity contribution in [1.82, 2.24) is 15.5 Å². The first kappa shape index (κ1) is 35.7. The summed E-state index contributed by atoms with van der Waals surface area (Å²) in [7, 11) is 0. The van der Waals surface area contributed by atoms with Crippen molar-refractivity contribution >= 4 is 18.0 Å². The van der Waals surface area contributed by atoms with Gasteiger partial charge in [0.15, 0.2) is 0 Å². The van der Waals surface area contributed by atoms with Gasteiger partial charge in [-0.15, -0.1) is 0 Å². The van der Waals surface area contributed by atoms with E-state index in [0.717, 1.165) is 29.7 Å². The third-order valence-electron chi connectivity index (χ3n) is 7.24. The Balaban J connectivity index is 1.81. The molecule has 0 bridgehead atoms. The summed E-state index contributed by atoms with van der Waals surface area (Å²) in [5.41, 5.74) is 1.22. The molecule has 0 spiro atoms. The van der Waals surface area contributed by atoms with Gasteiger partial charge in [-0.25, -0.2) is 18.4 Å². The molecule has 2 aromatic rings. The highest BCUT2D eigenvalue weighted by Gasteiger charge is 2.44. The lowest BCUT2D eigenvalue weighted by Gasteiger charge is -2.34. The molecule has 0 unspecified atom stereocenters. The van der Waals surface area contributed by atoms with Crippen LogP contribution in [0.1, 0.15) is 57.2 Å². The van der Waals surface area contributed by atoms with Crippen LogP contribution in [0.15, 0.2) is 42.5 Å². The second-order valence-electron chi connectivity index (χ2n) is 12.1. The van der Waals surface area contributed by atoms with Gasteiger partial charge in [-0.1, -0.05) is 31.2 Å². The summed E-state index contributed by atoms with van der Waals surface area (Å²) in [5.74, 6) is -5.47. The SMILES string of the molecule is CCc1cccc(CNC[C@@H](OC(=O)C(F)(F)F)[C@H](Cc2cc(F)cc(F)c2)NC(=O)C2CCN(C(=O)OC(C)(C)C)CC2)c1. The fourth-order valence-corrected chi connectivity index (χ4v) is 5.00. The zero-order chi connectivity index (χ0) is 33.4. The summed E-state index contributed by atoms with van der Waals surface area (Å²) in [5, 5.41) is 5.66. The van der Waals surface area contributed by atoms with Gasteiger partial charge in [-0.05, 0) is 75.3 Å². The average Bonchev–Trinajstić information content (AvgIpc) is 2.94. The lowest BCUT2D eigenvalue weighted by molar-refractivity contribution is -0.206. The maximum absolute atomic E-state index is 14.0. The lowest BCUT2D eigenvalue weighted by Crippen LogP contribution is -2.54. The van der Waals surface area contributed by atoms with E-state index in [-0.39, 0.29) is 51.0 Å². The van der Waals surface area contributed by atoms with E-state index in [1.165, 1.54) is 4.90 Å². The molecule has 1 saturated heterocycles. The van der Waals surface area contributed by atoms with Crippen LogP contribution in [0.5, 0.6) is 0 Å². The van der Waals surface area contributed by atoms with Gasteiger partial charge in [0.2, 0.25) is 5.91 Å². The molecule has 248 valence electrons. The lowest BCUT2D eigenvalue weighted by atomic mass is 9.94. The minimum atomic E-state index is -5.32. The first-order valence-corrected chi connectivity index (χ1v) is 14.8. The van der Waals surface area contributed by atoms with Gasteiger partial charge >= 0.3 is 18.2 Å². The third-order valence-corrected chi connectivity index (χ3v) is 7.24. The standard InChI is InChI=1S/C32H40F5N3O5/c1-5-20-7-6-8-21(13-20)18-38-19-27(44-29(42)32(35,36)37)26(16-22-14-24(33)17-25(34)15-22)39-28(41)23-9-11-40(12-10-23)30(43)45-31(2,3)4/h6-8,13-15,17,23,26-27,38H,5,9-12,16,18-19H2,1-4H3,(H,39,41)/t26-,27+/m0/s1. The number of nitrogens with one attached hydrogen (secondary N) is 2. The van der Waals surface area contributed by atoms with Crippen molar-refractivity contribution in [3.63, 3.8) is 0 Å². The Kier molecular flexibility index (Phi) is 12.3. The van der Waals surface area contributed by atoms with Crippen LogP contribution in [0.3, 0.4) is 0 Å². The smallest absolute Gasteiger partial charge is 0.452 e. The van der Waals surface area contributed by atoms with Gasteiger partial charge in [-0.2, -0.15) is 13.2 Å². The molecule has 0 aromatic heterocycles. The molecular weight excluding hydrogens is 601 g/mol. The van der Waals surface area contributed by atoms with Gasteiger partial charge < -0.3 is 25.0 Å². The van der Waals surface area contributed by atoms with Crippen molar-refractivity contribution in [2.24, 2.45) is 5.92 Å². The van der Waals surface area contributed by atoms with Crippen LogP contribution >= 0.6 is 0 Å². The summed E-state index contributed by atoms with van der Waals surface area (Å²) >= 11 is 0. The first-order chi connectivity index (χ1) is 21.0. The number of nitrogens with zero attached hydrogens (tertiary/aromatic N) is 1. The monoisotopic (exact) mass is 641 g/mol. The van der Waals surface area contributed by atoms with E-state index in [1.54, 1.807) is 20.8 Å². The normalized spacial score (nSPS) is 15.7. The number of benzene rings is 2. The number of hydrogen-bond donors (Lipinski definition) is 2. The van der Waals surface area contributed by atoms with E-state index in [9.17, 15) is 36.3 Å². The number of rotatable bonds is 11. The maximum atomic E-state index is 14.0. The molecule has 0 saturated carbocycles. The number of amides is 2. The molecule has 1 aliphatic rings. The summed E-state index contributed by atoms with van der Waals surface area (Å²) in [6, 6.07) is 8.85. The van der Waals surface area contributed by atoms with Gasteiger partial charge in [-0.3, -0.25) is 4.79 Å². The van der Waals surface area contributed by atoms with E-state index >= 15 is 0 Å². The molecule has 45 heavy (non-hydrogen) atoms. The number of likely N-dealkylation sites (tertiary alicyclic amines) is 1. The van der Waals surface area contributed by atoms with Crippen LogP contribution in [0.4, 0.5) is 26.7 Å². The van der Waals surface area contributed by atoms with Crippen LogP contribution < -0.4 is 10.6 Å². The van der Waals surface area contributed by atoms with Gasteiger partial charge in [0.05, 0.1) is 6.04 Å². The zero-order valence-corrected chi connectivity index (χ0v) is 25.8. The predicted molar refractivity (Wildman–Crippen MR) is 156 cm³/mol. The second-order valence-corrected chi connectivity index (χ2v) is 12.1. The third kappa shape index (κ3) is 11.6. The van der Waals surface area contributed by atoms with E-state index < -0.39 is 59.4 Å². The Hall–Kier alpha value is -3.74. The Morgan fingerprint density at radius 2 is 1.58 bits per heavy atom.